The van der Waals surface area contributed by atoms with Gasteiger partial charge in [-0.05, 0) is 55.1 Å². The van der Waals surface area contributed by atoms with Crippen molar-refractivity contribution in [3.8, 4) is 0 Å². The highest BCUT2D eigenvalue weighted by Gasteiger charge is 2.17. The number of nitrogens with zero attached hydrogens (tertiary/aromatic N) is 4. The Morgan fingerprint density at radius 1 is 1.21 bits per heavy atom. The van der Waals surface area contributed by atoms with Crippen molar-refractivity contribution in [3.05, 3.63) is 69.7 Å². The quantitative estimate of drug-likeness (QED) is 0.532. The summed E-state index contributed by atoms with van der Waals surface area (Å²) in [6, 6.07) is 11.9. The summed E-state index contributed by atoms with van der Waals surface area (Å²) >= 11 is 1.68. The molecule has 0 radical (unpaired) electrons. The number of carbonyl (C=O) groups excluding carboxylic acids is 1. The lowest BCUT2D eigenvalue weighted by atomic mass is 10.1. The van der Waals surface area contributed by atoms with Crippen LogP contribution in [0, 0.1) is 13.8 Å². The van der Waals surface area contributed by atoms with E-state index in [0.29, 0.717) is 12.1 Å². The number of fused-ring (bicyclic) bond motifs is 1. The largest absolute Gasteiger partial charge is 0.378 e. The first kappa shape index (κ1) is 19.1. The fourth-order valence-electron chi connectivity index (χ4n) is 3.28. The maximum atomic E-state index is 13.1. The van der Waals surface area contributed by atoms with Gasteiger partial charge in [-0.3, -0.25) is 4.79 Å². The van der Waals surface area contributed by atoms with E-state index in [1.165, 1.54) is 4.88 Å². The Labute approximate surface area is 173 Å². The van der Waals surface area contributed by atoms with Crippen molar-refractivity contribution in [1.29, 1.82) is 0 Å². The molecule has 7 heteroatoms. The number of aromatic nitrogens is 3. The number of hydrogen-bond donors (Lipinski definition) is 1. The van der Waals surface area contributed by atoms with Crippen molar-refractivity contribution < 1.29 is 4.79 Å². The maximum Gasteiger partial charge on any atom is 0.256 e. The Bertz CT molecular complexity index is 1180. The topological polar surface area (TPSA) is 63.1 Å². The third-order valence-electron chi connectivity index (χ3n) is 4.84. The third kappa shape index (κ3) is 3.86. The first-order chi connectivity index (χ1) is 13.9. The van der Waals surface area contributed by atoms with Crippen LogP contribution in [0.25, 0.3) is 11.0 Å². The summed E-state index contributed by atoms with van der Waals surface area (Å²) in [6.07, 6.45) is 1.73. The second-order valence-electron chi connectivity index (χ2n) is 7.28. The maximum absolute atomic E-state index is 13.1. The van der Waals surface area contributed by atoms with E-state index in [9.17, 15) is 4.79 Å². The number of carbonyl (C=O) groups is 1. The van der Waals surface area contributed by atoms with Crippen molar-refractivity contribution in [2.24, 2.45) is 0 Å². The number of hydrogen-bond acceptors (Lipinski definition) is 5. The average Bonchev–Trinajstić information content (AvgIpc) is 3.33. The average molecular weight is 406 g/mol. The van der Waals surface area contributed by atoms with E-state index in [2.05, 4.69) is 27.5 Å². The fraction of sp³-hybridized carbons (Fsp3) is 0.227. The van der Waals surface area contributed by atoms with Gasteiger partial charge in [0.15, 0.2) is 5.65 Å². The predicted molar refractivity (Wildman–Crippen MR) is 119 cm³/mol. The minimum absolute atomic E-state index is 0.156. The number of amides is 1. The first-order valence-corrected chi connectivity index (χ1v) is 10.2. The smallest absolute Gasteiger partial charge is 0.256 e. The summed E-state index contributed by atoms with van der Waals surface area (Å²) in [7, 11) is 3.99. The van der Waals surface area contributed by atoms with Crippen LogP contribution in [0.4, 0.5) is 11.4 Å². The van der Waals surface area contributed by atoms with Gasteiger partial charge in [0, 0.05) is 36.0 Å². The Hall–Kier alpha value is -3.19. The summed E-state index contributed by atoms with van der Waals surface area (Å²) in [5, 5.41) is 10.3. The molecule has 3 aromatic heterocycles. The van der Waals surface area contributed by atoms with Gasteiger partial charge < -0.3 is 10.2 Å². The predicted octanol–water partition coefficient (Wildman–Crippen LogP) is 4.48. The van der Waals surface area contributed by atoms with Gasteiger partial charge in [0.25, 0.3) is 5.91 Å². The molecular weight excluding hydrogens is 382 g/mol. The SMILES string of the molecule is Cc1cc(C(=O)Nc2ccc(N(C)C)cc2C)c2cnn(Cc3cccs3)c2n1. The van der Waals surface area contributed by atoms with Crippen LogP contribution in [0.3, 0.4) is 0 Å². The van der Waals surface area contributed by atoms with E-state index in [-0.39, 0.29) is 5.91 Å². The third-order valence-corrected chi connectivity index (χ3v) is 5.70. The summed E-state index contributed by atoms with van der Waals surface area (Å²) in [5.41, 5.74) is 5.01. The van der Waals surface area contributed by atoms with Gasteiger partial charge in [0.1, 0.15) is 0 Å². The Morgan fingerprint density at radius 3 is 2.72 bits per heavy atom. The van der Waals surface area contributed by atoms with Crippen LogP contribution in [0.5, 0.6) is 0 Å². The lowest BCUT2D eigenvalue weighted by Crippen LogP contribution is -2.15. The molecule has 29 heavy (non-hydrogen) atoms. The van der Waals surface area contributed by atoms with Gasteiger partial charge in [-0.1, -0.05) is 6.07 Å². The molecule has 0 atom stereocenters. The molecule has 1 amide bonds. The number of thiophene rings is 1. The van der Waals surface area contributed by atoms with E-state index >= 15 is 0 Å². The van der Waals surface area contributed by atoms with Crippen LogP contribution in [-0.2, 0) is 6.54 Å². The lowest BCUT2D eigenvalue weighted by molar-refractivity contribution is 0.102. The Kier molecular flexibility index (Phi) is 5.07. The van der Waals surface area contributed by atoms with E-state index in [1.807, 2.05) is 67.2 Å². The Balaban J connectivity index is 1.66. The molecular formula is C22H23N5OS. The molecule has 0 saturated carbocycles. The molecule has 0 unspecified atom stereocenters. The zero-order valence-electron chi connectivity index (χ0n) is 16.9. The summed E-state index contributed by atoms with van der Waals surface area (Å²) in [4.78, 5) is 21.0. The van der Waals surface area contributed by atoms with Gasteiger partial charge in [-0.15, -0.1) is 11.3 Å². The van der Waals surface area contributed by atoms with E-state index in [0.717, 1.165) is 33.7 Å². The molecule has 1 N–H and O–H groups in total. The van der Waals surface area contributed by atoms with E-state index < -0.39 is 0 Å². The van der Waals surface area contributed by atoms with Crippen LogP contribution in [0.15, 0.2) is 48.0 Å². The number of benzene rings is 1. The van der Waals surface area contributed by atoms with Gasteiger partial charge in [0.2, 0.25) is 0 Å². The highest BCUT2D eigenvalue weighted by molar-refractivity contribution is 7.09. The van der Waals surface area contributed by atoms with Crippen LogP contribution < -0.4 is 10.2 Å². The molecule has 4 rings (SSSR count). The van der Waals surface area contributed by atoms with Crippen molar-refractivity contribution in [1.82, 2.24) is 14.8 Å². The molecule has 4 aromatic rings. The molecule has 0 fully saturated rings. The number of rotatable bonds is 5. The molecule has 0 saturated heterocycles. The summed E-state index contributed by atoms with van der Waals surface area (Å²) < 4.78 is 1.85. The van der Waals surface area contributed by atoms with Crippen molar-refractivity contribution >= 4 is 39.7 Å². The van der Waals surface area contributed by atoms with Crippen molar-refractivity contribution in [2.75, 3.05) is 24.3 Å². The molecule has 3 heterocycles. The normalized spacial score (nSPS) is 11.0. The lowest BCUT2D eigenvalue weighted by Gasteiger charge is -2.16. The molecule has 0 aliphatic carbocycles. The molecule has 0 aliphatic rings. The van der Waals surface area contributed by atoms with Crippen molar-refractivity contribution in [3.63, 3.8) is 0 Å². The zero-order chi connectivity index (χ0) is 20.5. The van der Waals surface area contributed by atoms with E-state index in [4.69, 9.17) is 0 Å². The van der Waals surface area contributed by atoms with Gasteiger partial charge >= 0.3 is 0 Å². The van der Waals surface area contributed by atoms with E-state index in [1.54, 1.807) is 17.5 Å². The first-order valence-electron chi connectivity index (χ1n) is 9.37. The second-order valence-corrected chi connectivity index (χ2v) is 8.31. The molecule has 1 aromatic carbocycles. The van der Waals surface area contributed by atoms with Gasteiger partial charge in [0.05, 0.1) is 23.7 Å². The molecule has 0 aliphatic heterocycles. The van der Waals surface area contributed by atoms with Crippen LogP contribution in [0.2, 0.25) is 0 Å². The van der Waals surface area contributed by atoms with Crippen molar-refractivity contribution in [2.45, 2.75) is 20.4 Å². The molecule has 148 valence electrons. The zero-order valence-corrected chi connectivity index (χ0v) is 17.7. The van der Waals surface area contributed by atoms with Crippen LogP contribution >= 0.6 is 11.3 Å². The minimum atomic E-state index is -0.156. The number of anilines is 2. The number of nitrogens with one attached hydrogen (secondary N) is 1. The van der Waals surface area contributed by atoms with Crippen LogP contribution in [-0.4, -0.2) is 34.8 Å². The fourth-order valence-corrected chi connectivity index (χ4v) is 3.97. The van der Waals surface area contributed by atoms with Crippen LogP contribution in [0.1, 0.15) is 26.5 Å². The number of aryl methyl sites for hydroxylation is 2. The number of pyridine rings is 1. The van der Waals surface area contributed by atoms with Gasteiger partial charge in [-0.2, -0.15) is 5.10 Å². The highest BCUT2D eigenvalue weighted by Crippen LogP contribution is 2.24. The molecule has 0 bridgehead atoms. The summed E-state index contributed by atoms with van der Waals surface area (Å²) in [6.45, 7) is 4.54. The monoisotopic (exact) mass is 405 g/mol. The highest BCUT2D eigenvalue weighted by atomic mass is 32.1. The molecule has 0 spiro atoms. The second kappa shape index (κ2) is 7.67. The standard InChI is InChI=1S/C22H23N5OS/c1-14-10-16(26(3)4)7-8-20(14)25-22(28)18-11-15(2)24-21-19(18)12-23-27(21)13-17-6-5-9-29-17/h5-12H,13H2,1-4H3,(H,25,28). The Morgan fingerprint density at radius 2 is 2.03 bits per heavy atom. The minimum Gasteiger partial charge on any atom is -0.378 e. The molecule has 6 nitrogen and oxygen atoms in total. The summed E-state index contributed by atoms with van der Waals surface area (Å²) in [5.74, 6) is -0.156. The van der Waals surface area contributed by atoms with Gasteiger partial charge in [-0.25, -0.2) is 9.67 Å².